The van der Waals surface area contributed by atoms with Gasteiger partial charge >= 0.3 is 5.97 Å². The molecule has 1 aromatic carbocycles. The Morgan fingerprint density at radius 1 is 1.29 bits per heavy atom. The largest absolute Gasteiger partial charge is 0.481 e. The Morgan fingerprint density at radius 3 is 2.88 bits per heavy atom. The third-order valence-corrected chi connectivity index (χ3v) is 5.66. The van der Waals surface area contributed by atoms with Gasteiger partial charge in [-0.15, -0.1) is 0 Å². The number of fused-ring (bicyclic) bond motifs is 1. The minimum Gasteiger partial charge on any atom is -0.481 e. The molecule has 0 unspecified atom stereocenters. The number of carboxylic acids is 1. The average Bonchev–Trinajstić information content (AvgIpc) is 3.24. The van der Waals surface area contributed by atoms with Gasteiger partial charge in [-0.1, -0.05) is 25.0 Å². The van der Waals surface area contributed by atoms with E-state index in [0.717, 1.165) is 31.4 Å². The van der Waals surface area contributed by atoms with Crippen LogP contribution in [0.4, 0.5) is 0 Å². The van der Waals surface area contributed by atoms with Crippen LogP contribution < -0.4 is 0 Å². The molecule has 1 saturated heterocycles. The number of aromatic nitrogens is 1. The number of aliphatic carboxylic acids is 1. The highest BCUT2D eigenvalue weighted by molar-refractivity contribution is 5.79. The van der Waals surface area contributed by atoms with Gasteiger partial charge in [-0.2, -0.15) is 0 Å². The average molecular weight is 328 g/mol. The Kier molecular flexibility index (Phi) is 3.85. The van der Waals surface area contributed by atoms with Gasteiger partial charge in [0.2, 0.25) is 0 Å². The van der Waals surface area contributed by atoms with Crippen LogP contribution in [0, 0.1) is 11.3 Å². The maximum atomic E-state index is 12.0. The summed E-state index contributed by atoms with van der Waals surface area (Å²) < 4.78 is 0. The number of carbonyl (C=O) groups is 1. The van der Waals surface area contributed by atoms with Crippen LogP contribution in [0.5, 0.6) is 0 Å². The van der Waals surface area contributed by atoms with E-state index in [1.807, 2.05) is 12.3 Å². The Labute approximate surface area is 141 Å². The van der Waals surface area contributed by atoms with Crippen molar-refractivity contribution in [2.75, 3.05) is 13.1 Å². The molecule has 4 rings (SSSR count). The molecule has 1 aromatic heterocycles. The standard InChI is InChI=1S/C19H24N2O3/c22-17-6-8-21(12-19(17,18(23)24)10-13-1-2-13)11-14-3-4-15-5-7-20-16(15)9-14/h3-5,7,9,13,17,20,22H,1-2,6,8,10-12H2,(H,23,24)/t17-,19-/m1/s1. The van der Waals surface area contributed by atoms with Crippen LogP contribution in [0.3, 0.4) is 0 Å². The molecule has 5 heteroatoms. The Hall–Kier alpha value is -1.85. The van der Waals surface area contributed by atoms with E-state index >= 15 is 0 Å². The number of rotatable bonds is 5. The molecule has 0 amide bonds. The predicted molar refractivity (Wildman–Crippen MR) is 91.6 cm³/mol. The second-order valence-corrected chi connectivity index (χ2v) is 7.52. The van der Waals surface area contributed by atoms with Gasteiger partial charge in [0, 0.05) is 31.3 Å². The molecule has 2 atom stereocenters. The highest BCUT2D eigenvalue weighted by Gasteiger charge is 2.51. The quantitative estimate of drug-likeness (QED) is 0.788. The summed E-state index contributed by atoms with van der Waals surface area (Å²) in [6, 6.07) is 8.37. The van der Waals surface area contributed by atoms with Crippen molar-refractivity contribution < 1.29 is 15.0 Å². The number of aliphatic hydroxyl groups excluding tert-OH is 1. The van der Waals surface area contributed by atoms with Gasteiger partial charge in [0.1, 0.15) is 5.41 Å². The molecule has 1 aliphatic heterocycles. The smallest absolute Gasteiger partial charge is 0.313 e. The summed E-state index contributed by atoms with van der Waals surface area (Å²) in [5, 5.41) is 21.5. The lowest BCUT2D eigenvalue weighted by molar-refractivity contribution is -0.165. The Balaban J connectivity index is 1.53. The lowest BCUT2D eigenvalue weighted by atomic mass is 9.73. The van der Waals surface area contributed by atoms with Crippen LogP contribution in [0.15, 0.2) is 30.5 Å². The molecule has 24 heavy (non-hydrogen) atoms. The summed E-state index contributed by atoms with van der Waals surface area (Å²) in [5.74, 6) is -0.364. The van der Waals surface area contributed by atoms with Crippen LogP contribution >= 0.6 is 0 Å². The first-order valence-electron chi connectivity index (χ1n) is 8.77. The molecular formula is C19H24N2O3. The summed E-state index contributed by atoms with van der Waals surface area (Å²) in [7, 11) is 0. The van der Waals surface area contributed by atoms with E-state index in [-0.39, 0.29) is 0 Å². The molecule has 0 spiro atoms. The highest BCUT2D eigenvalue weighted by atomic mass is 16.4. The normalized spacial score (nSPS) is 28.3. The number of nitrogens with one attached hydrogen (secondary N) is 1. The van der Waals surface area contributed by atoms with Gasteiger partial charge in [-0.25, -0.2) is 0 Å². The van der Waals surface area contributed by atoms with E-state index in [0.29, 0.717) is 25.3 Å². The maximum absolute atomic E-state index is 12.0. The first-order chi connectivity index (χ1) is 11.6. The summed E-state index contributed by atoms with van der Waals surface area (Å²) in [6.07, 6.45) is 4.53. The number of nitrogens with zero attached hydrogens (tertiary/aromatic N) is 1. The lowest BCUT2D eigenvalue weighted by Crippen LogP contribution is -2.55. The third-order valence-electron chi connectivity index (χ3n) is 5.66. The van der Waals surface area contributed by atoms with Crippen LogP contribution in [-0.2, 0) is 11.3 Å². The summed E-state index contributed by atoms with van der Waals surface area (Å²) in [4.78, 5) is 17.4. The monoisotopic (exact) mass is 328 g/mol. The molecule has 0 radical (unpaired) electrons. The van der Waals surface area contributed by atoms with Crippen molar-refractivity contribution in [2.45, 2.75) is 38.3 Å². The molecule has 2 heterocycles. The molecular weight excluding hydrogens is 304 g/mol. The first kappa shape index (κ1) is 15.7. The van der Waals surface area contributed by atoms with E-state index < -0.39 is 17.5 Å². The number of hydrogen-bond acceptors (Lipinski definition) is 3. The number of H-pyrrole nitrogens is 1. The first-order valence-corrected chi connectivity index (χ1v) is 8.77. The Morgan fingerprint density at radius 2 is 2.12 bits per heavy atom. The maximum Gasteiger partial charge on any atom is 0.313 e. The molecule has 0 bridgehead atoms. The third kappa shape index (κ3) is 2.82. The molecule has 2 fully saturated rings. The Bertz CT molecular complexity index is 752. The molecule has 1 aliphatic carbocycles. The van der Waals surface area contributed by atoms with Crippen molar-refractivity contribution in [2.24, 2.45) is 11.3 Å². The molecule has 5 nitrogen and oxygen atoms in total. The molecule has 2 aromatic rings. The van der Waals surface area contributed by atoms with Crippen molar-refractivity contribution in [1.82, 2.24) is 9.88 Å². The highest BCUT2D eigenvalue weighted by Crippen LogP contribution is 2.45. The second-order valence-electron chi connectivity index (χ2n) is 7.52. The topological polar surface area (TPSA) is 76.6 Å². The van der Waals surface area contributed by atoms with E-state index in [1.54, 1.807) is 0 Å². The number of carboxylic acid groups (broad SMARTS) is 1. The van der Waals surface area contributed by atoms with Crippen molar-refractivity contribution in [3.8, 4) is 0 Å². The second kappa shape index (κ2) is 5.90. The molecule has 2 aliphatic rings. The minimum absolute atomic E-state index is 0.433. The summed E-state index contributed by atoms with van der Waals surface area (Å²) >= 11 is 0. The van der Waals surface area contributed by atoms with Crippen molar-refractivity contribution in [3.63, 3.8) is 0 Å². The fraction of sp³-hybridized carbons (Fsp3) is 0.526. The molecule has 128 valence electrons. The fourth-order valence-electron chi connectivity index (χ4n) is 4.09. The van der Waals surface area contributed by atoms with E-state index in [4.69, 9.17) is 0 Å². The number of piperidine rings is 1. The number of benzene rings is 1. The minimum atomic E-state index is -1.00. The summed E-state index contributed by atoms with van der Waals surface area (Å²) in [5.41, 5.74) is 1.27. The van der Waals surface area contributed by atoms with Crippen LogP contribution in [0.1, 0.15) is 31.2 Å². The van der Waals surface area contributed by atoms with Crippen LogP contribution in [0.25, 0.3) is 10.9 Å². The zero-order valence-corrected chi connectivity index (χ0v) is 13.7. The van der Waals surface area contributed by atoms with Crippen molar-refractivity contribution in [3.05, 3.63) is 36.0 Å². The zero-order chi connectivity index (χ0) is 16.7. The van der Waals surface area contributed by atoms with Gasteiger partial charge in [-0.05, 0) is 41.8 Å². The van der Waals surface area contributed by atoms with E-state index in [9.17, 15) is 15.0 Å². The van der Waals surface area contributed by atoms with Gasteiger partial charge in [0.15, 0.2) is 0 Å². The van der Waals surface area contributed by atoms with Crippen molar-refractivity contribution >= 4 is 16.9 Å². The molecule has 3 N–H and O–H groups in total. The fourth-order valence-corrected chi connectivity index (χ4v) is 4.09. The van der Waals surface area contributed by atoms with Gasteiger partial charge in [0.25, 0.3) is 0 Å². The van der Waals surface area contributed by atoms with E-state index in [2.05, 4.69) is 28.1 Å². The SMILES string of the molecule is O=C(O)[C@]1(CC2CC2)CN(Cc2ccc3cc[nH]c3c2)CC[C@H]1O. The number of aliphatic hydroxyl groups is 1. The van der Waals surface area contributed by atoms with Gasteiger partial charge < -0.3 is 15.2 Å². The lowest BCUT2D eigenvalue weighted by Gasteiger charge is -2.43. The number of hydrogen-bond donors (Lipinski definition) is 3. The molecule has 1 saturated carbocycles. The number of likely N-dealkylation sites (tertiary alicyclic amines) is 1. The van der Waals surface area contributed by atoms with Gasteiger partial charge in [0.05, 0.1) is 6.10 Å². The van der Waals surface area contributed by atoms with Crippen LogP contribution in [-0.4, -0.2) is 45.3 Å². The predicted octanol–water partition coefficient (Wildman–Crippen LogP) is 2.61. The van der Waals surface area contributed by atoms with Crippen LogP contribution in [0.2, 0.25) is 0 Å². The van der Waals surface area contributed by atoms with Gasteiger partial charge in [-0.3, -0.25) is 9.69 Å². The van der Waals surface area contributed by atoms with E-state index in [1.165, 1.54) is 10.9 Å². The summed E-state index contributed by atoms with van der Waals surface area (Å²) in [6.45, 7) is 1.90. The zero-order valence-electron chi connectivity index (χ0n) is 13.7. The number of aromatic amines is 1. The van der Waals surface area contributed by atoms with Crippen molar-refractivity contribution in [1.29, 1.82) is 0 Å².